The molecule has 7 aliphatic carbocycles. The minimum atomic E-state index is -1.67. The molecule has 1 aromatic heterocycles. The van der Waals surface area contributed by atoms with Crippen LogP contribution >= 0.6 is 0 Å². The number of aromatic nitrogens is 2. The van der Waals surface area contributed by atoms with Gasteiger partial charge in [0.05, 0.1) is 49.7 Å². The van der Waals surface area contributed by atoms with Gasteiger partial charge in [-0.05, 0) is 123 Å². The summed E-state index contributed by atoms with van der Waals surface area (Å²) in [5, 5.41) is 95.7. The molecule has 388 valence electrons. The number of carboxylic acid groups (broad SMARTS) is 1. The Morgan fingerprint density at radius 2 is 1.76 bits per heavy atom. The number of imidazole rings is 1. The molecule has 7 fully saturated rings. The number of fused-ring (bicyclic) bond motifs is 2. The van der Waals surface area contributed by atoms with Gasteiger partial charge in [-0.3, -0.25) is 9.59 Å². The van der Waals surface area contributed by atoms with Crippen LogP contribution in [-0.4, -0.2) is 139 Å². The van der Waals surface area contributed by atoms with Crippen molar-refractivity contribution >= 4 is 11.9 Å². The minimum absolute atomic E-state index is 0.0151. The first kappa shape index (κ1) is 50.6. The number of carboxylic acids is 1. The molecule has 3 heterocycles. The molecule has 6 bridgehead atoms. The number of nitrogens with two attached hydrogens (primary N) is 1. The van der Waals surface area contributed by atoms with E-state index in [1.807, 2.05) is 6.92 Å². The Hall–Kier alpha value is -2.95. The Bertz CT molecular complexity index is 2240. The number of allylic oxidation sites excluding steroid dienone is 2. The number of aliphatic hydroxyl groups is 7. The van der Waals surface area contributed by atoms with E-state index in [2.05, 4.69) is 54.0 Å². The second-order valence-corrected chi connectivity index (χ2v) is 24.9. The number of hydrogen-bond acceptors (Lipinski definition) is 13. The van der Waals surface area contributed by atoms with E-state index in [9.17, 15) is 50.4 Å². The van der Waals surface area contributed by atoms with Crippen molar-refractivity contribution in [2.45, 2.75) is 160 Å². The van der Waals surface area contributed by atoms with E-state index < -0.39 is 118 Å². The molecule has 1 aromatic rings. The summed E-state index contributed by atoms with van der Waals surface area (Å²) >= 11 is 0. The number of amides is 1. The number of carbonyl (C=O) groups is 2. The van der Waals surface area contributed by atoms with Crippen molar-refractivity contribution < 1.29 is 59.9 Å². The smallest absolute Gasteiger partial charge is 0.310 e. The molecule has 12 N–H and O–H groups in total. The van der Waals surface area contributed by atoms with Gasteiger partial charge < -0.3 is 66.4 Å². The maximum Gasteiger partial charge on any atom is 0.310 e. The largest absolute Gasteiger partial charge is 0.481 e. The zero-order valence-corrected chi connectivity index (χ0v) is 41.5. The zero-order valence-electron chi connectivity index (χ0n) is 41.5. The number of aliphatic hydroxyl groups excluding tert-OH is 7. The van der Waals surface area contributed by atoms with Gasteiger partial charge in [-0.1, -0.05) is 51.7 Å². The van der Waals surface area contributed by atoms with Crippen LogP contribution in [0.4, 0.5) is 0 Å². The number of ether oxygens (including phenoxy) is 2. The van der Waals surface area contributed by atoms with E-state index >= 15 is 0 Å². The van der Waals surface area contributed by atoms with Crippen LogP contribution in [0.1, 0.15) is 123 Å². The van der Waals surface area contributed by atoms with E-state index in [0.717, 1.165) is 31.4 Å². The second-order valence-electron chi connectivity index (χ2n) is 24.9. The van der Waals surface area contributed by atoms with Crippen molar-refractivity contribution in [3.8, 4) is 11.8 Å². The monoisotopic (exact) mass is 977 g/mol. The van der Waals surface area contributed by atoms with Crippen molar-refractivity contribution in [2.24, 2.45) is 91.5 Å². The highest BCUT2D eigenvalue weighted by Crippen LogP contribution is 2.81. The number of aliphatic carboxylic acids is 1. The lowest BCUT2D eigenvalue weighted by molar-refractivity contribution is -0.344. The Morgan fingerprint density at radius 3 is 2.44 bits per heavy atom. The molecule has 5 saturated carbocycles. The molecular formula is C54H80N4O12. The average Bonchev–Trinajstić information content (AvgIpc) is 3.93. The zero-order chi connectivity index (χ0) is 49.9. The molecule has 2 aliphatic heterocycles. The summed E-state index contributed by atoms with van der Waals surface area (Å²) in [7, 11) is 0. The first-order chi connectivity index (χ1) is 33.4. The standard InChI is InChI=1S/C54H80N4O12/c1-49(25-60)19-28-9-7-10-29-20-53(28,48(67)68)34(21-49)33-13-14-38-51(3)17-15-37-50(2,26-61)45(70-47-44(65)42(63)36(62)24-69-47)43(64)40(52(37,38)4)31(11-5-6-16-54(29,33)51)39-32(23-59)46(66)58-41(39)30(12-8-18-55)35-22-56-27-57-35/h13,22,27-32,34,36-45,47,59-65H,6-10,12,14-21,23-26,55H2,1-4H3,(H,56,57)(H,58,66)(H,67,68). The molecule has 23 atom stereocenters. The molecule has 70 heavy (non-hydrogen) atoms. The average molecular weight is 977 g/mol. The molecule has 1 spiro atoms. The molecule has 9 aliphatic rings. The van der Waals surface area contributed by atoms with Gasteiger partial charge in [0.15, 0.2) is 6.29 Å². The number of rotatable bonds is 12. The summed E-state index contributed by atoms with van der Waals surface area (Å²) in [6.45, 7) is 7.97. The van der Waals surface area contributed by atoms with Crippen LogP contribution in [0.3, 0.4) is 0 Å². The minimum Gasteiger partial charge on any atom is -0.481 e. The predicted molar refractivity (Wildman–Crippen MR) is 254 cm³/mol. The first-order valence-electron chi connectivity index (χ1n) is 26.6. The number of carbonyl (C=O) groups excluding carboxylic acids is 1. The third-order valence-electron chi connectivity index (χ3n) is 22.1. The van der Waals surface area contributed by atoms with E-state index in [1.54, 1.807) is 12.5 Å². The third kappa shape index (κ3) is 6.94. The number of nitrogens with zero attached hydrogens (tertiary/aromatic N) is 1. The summed E-state index contributed by atoms with van der Waals surface area (Å²) in [5.41, 5.74) is 3.84. The van der Waals surface area contributed by atoms with Gasteiger partial charge in [0.2, 0.25) is 5.91 Å². The predicted octanol–water partition coefficient (Wildman–Crippen LogP) is 2.84. The quantitative estimate of drug-likeness (QED) is 0.0817. The molecular weight excluding hydrogens is 897 g/mol. The molecule has 1 amide bonds. The highest BCUT2D eigenvalue weighted by atomic mass is 16.7. The number of hydrogen-bond donors (Lipinski definition) is 11. The number of nitrogens with one attached hydrogen (secondary N) is 2. The number of H-pyrrole nitrogens is 1. The van der Waals surface area contributed by atoms with Gasteiger partial charge in [0.1, 0.15) is 18.3 Å². The van der Waals surface area contributed by atoms with E-state index in [-0.39, 0.29) is 54.6 Å². The Balaban J connectivity index is 1.19. The van der Waals surface area contributed by atoms with Crippen molar-refractivity contribution in [1.82, 2.24) is 15.3 Å². The van der Waals surface area contributed by atoms with Crippen molar-refractivity contribution in [3.63, 3.8) is 0 Å². The van der Waals surface area contributed by atoms with Gasteiger partial charge in [0, 0.05) is 65.5 Å². The lowest BCUT2D eigenvalue weighted by Gasteiger charge is -2.76. The maximum atomic E-state index is 14.4. The number of aromatic amines is 1. The lowest BCUT2D eigenvalue weighted by atomic mass is 9.28. The van der Waals surface area contributed by atoms with E-state index in [0.29, 0.717) is 64.3 Å². The maximum absolute atomic E-state index is 14.4. The molecule has 2 saturated heterocycles. The van der Waals surface area contributed by atoms with Crippen LogP contribution in [0.5, 0.6) is 0 Å². The van der Waals surface area contributed by atoms with Crippen molar-refractivity contribution in [2.75, 3.05) is 33.0 Å². The van der Waals surface area contributed by atoms with Crippen LogP contribution in [-0.2, 0) is 19.1 Å². The first-order valence-corrected chi connectivity index (χ1v) is 26.6. The van der Waals surface area contributed by atoms with Gasteiger partial charge in [-0.25, -0.2) is 4.98 Å². The van der Waals surface area contributed by atoms with E-state index in [1.165, 1.54) is 5.57 Å². The summed E-state index contributed by atoms with van der Waals surface area (Å²) < 4.78 is 12.6. The fourth-order valence-electron chi connectivity index (χ4n) is 19.2. The molecule has 16 nitrogen and oxygen atoms in total. The SMILES string of the molecule is CC1(CO)CC2CCCC3CC2(C(=O)O)C(C1)C1=CCC2C4(C)C5C(O)C(OC6OCC(O)C(O)C6O)C(C)(CO)C4CCC2(C)C13CCC#CC5C1C(CO)C(=O)NC1C(CCCN)c1cnc[nH]1. The fraction of sp³-hybridized carbons (Fsp3) is 0.833. The lowest BCUT2D eigenvalue weighted by Crippen LogP contribution is -2.74. The summed E-state index contributed by atoms with van der Waals surface area (Å²) in [4.78, 5) is 36.2. The van der Waals surface area contributed by atoms with Gasteiger partial charge >= 0.3 is 5.97 Å². The second kappa shape index (κ2) is 18.2. The molecule has 23 unspecified atom stereocenters. The third-order valence-corrected chi connectivity index (χ3v) is 22.1. The van der Waals surface area contributed by atoms with Crippen molar-refractivity contribution in [1.29, 1.82) is 0 Å². The Kier molecular flexibility index (Phi) is 13.1. The molecule has 0 radical (unpaired) electrons. The van der Waals surface area contributed by atoms with Gasteiger partial charge in [-0.2, -0.15) is 0 Å². The van der Waals surface area contributed by atoms with Crippen LogP contribution in [0.25, 0.3) is 0 Å². The molecule has 10 rings (SSSR count). The Labute approximate surface area is 412 Å². The summed E-state index contributed by atoms with van der Waals surface area (Å²) in [6.07, 6.45) is 5.80. The highest BCUT2D eigenvalue weighted by molar-refractivity contribution is 5.82. The van der Waals surface area contributed by atoms with Crippen LogP contribution in [0.2, 0.25) is 0 Å². The molecule has 16 heteroatoms. The normalized spacial score (nSPS) is 50.9. The van der Waals surface area contributed by atoms with Crippen LogP contribution < -0.4 is 11.1 Å². The highest BCUT2D eigenvalue weighted by Gasteiger charge is 2.77. The topological polar surface area (TPSA) is 281 Å². The van der Waals surface area contributed by atoms with Gasteiger partial charge in [-0.15, -0.1) is 5.92 Å². The Morgan fingerprint density at radius 1 is 0.986 bits per heavy atom. The summed E-state index contributed by atoms with van der Waals surface area (Å²) in [5.74, 6) is 2.29. The fourth-order valence-corrected chi connectivity index (χ4v) is 19.2. The van der Waals surface area contributed by atoms with Gasteiger partial charge in [0.25, 0.3) is 0 Å². The van der Waals surface area contributed by atoms with Crippen LogP contribution in [0.15, 0.2) is 24.2 Å². The molecule has 0 aromatic carbocycles. The van der Waals surface area contributed by atoms with Crippen molar-refractivity contribution in [3.05, 3.63) is 29.9 Å². The summed E-state index contributed by atoms with van der Waals surface area (Å²) in [6, 6.07) is -0.563. The van der Waals surface area contributed by atoms with E-state index in [4.69, 9.17) is 15.2 Å². The van der Waals surface area contributed by atoms with Crippen LogP contribution in [0, 0.1) is 97.6 Å².